The zero-order valence-corrected chi connectivity index (χ0v) is 18.0. The average Bonchev–Trinajstić information content (AvgIpc) is 2.77. The SMILES string of the molecule is CN=C(NCCCCCc1ccccc1)NCc1cc(OC)c(OC)c(OC)c1. The normalized spacial score (nSPS) is 11.1. The van der Waals surface area contributed by atoms with Crippen LogP contribution in [-0.4, -0.2) is 40.9 Å². The number of nitrogens with zero attached hydrogens (tertiary/aromatic N) is 1. The van der Waals surface area contributed by atoms with E-state index in [1.807, 2.05) is 12.1 Å². The van der Waals surface area contributed by atoms with Gasteiger partial charge in [-0.2, -0.15) is 0 Å². The Balaban J connectivity index is 1.74. The summed E-state index contributed by atoms with van der Waals surface area (Å²) in [6, 6.07) is 14.5. The highest BCUT2D eigenvalue weighted by molar-refractivity contribution is 5.79. The highest BCUT2D eigenvalue weighted by atomic mass is 16.5. The van der Waals surface area contributed by atoms with Crippen LogP contribution in [-0.2, 0) is 13.0 Å². The van der Waals surface area contributed by atoms with Crippen LogP contribution in [0.4, 0.5) is 0 Å². The number of unbranched alkanes of at least 4 members (excludes halogenated alkanes) is 2. The third-order valence-corrected chi connectivity index (χ3v) is 4.69. The Kier molecular flexibility index (Phi) is 9.69. The van der Waals surface area contributed by atoms with E-state index in [4.69, 9.17) is 14.2 Å². The van der Waals surface area contributed by atoms with E-state index in [2.05, 4.69) is 46.0 Å². The average molecular weight is 400 g/mol. The quantitative estimate of drug-likeness (QED) is 0.342. The molecule has 0 aliphatic rings. The minimum Gasteiger partial charge on any atom is -0.493 e. The molecule has 2 rings (SSSR count). The first-order chi connectivity index (χ1) is 14.2. The molecule has 0 bridgehead atoms. The molecule has 0 atom stereocenters. The Morgan fingerprint density at radius 2 is 1.52 bits per heavy atom. The lowest BCUT2D eigenvalue weighted by Crippen LogP contribution is -2.37. The van der Waals surface area contributed by atoms with Gasteiger partial charge in [0.05, 0.1) is 21.3 Å². The molecule has 2 N–H and O–H groups in total. The van der Waals surface area contributed by atoms with Gasteiger partial charge >= 0.3 is 0 Å². The minimum atomic E-state index is 0.594. The van der Waals surface area contributed by atoms with Crippen LogP contribution in [0.15, 0.2) is 47.5 Å². The maximum Gasteiger partial charge on any atom is 0.203 e. The zero-order chi connectivity index (χ0) is 20.9. The van der Waals surface area contributed by atoms with E-state index in [9.17, 15) is 0 Å². The van der Waals surface area contributed by atoms with Gasteiger partial charge in [0, 0.05) is 20.1 Å². The van der Waals surface area contributed by atoms with Crippen molar-refractivity contribution in [3.8, 4) is 17.2 Å². The van der Waals surface area contributed by atoms with Gasteiger partial charge < -0.3 is 24.8 Å². The molecule has 0 saturated carbocycles. The Bertz CT molecular complexity index is 738. The number of aryl methyl sites for hydroxylation is 1. The molecule has 0 spiro atoms. The van der Waals surface area contributed by atoms with Gasteiger partial charge in [0.1, 0.15) is 0 Å². The fourth-order valence-corrected chi connectivity index (χ4v) is 3.13. The van der Waals surface area contributed by atoms with Gasteiger partial charge in [0.15, 0.2) is 17.5 Å². The van der Waals surface area contributed by atoms with Crippen molar-refractivity contribution in [3.63, 3.8) is 0 Å². The van der Waals surface area contributed by atoms with Crippen LogP contribution in [0.5, 0.6) is 17.2 Å². The minimum absolute atomic E-state index is 0.594. The monoisotopic (exact) mass is 399 g/mol. The molecule has 0 amide bonds. The van der Waals surface area contributed by atoms with Crippen molar-refractivity contribution in [3.05, 3.63) is 53.6 Å². The number of nitrogens with one attached hydrogen (secondary N) is 2. The predicted octanol–water partition coefficient (Wildman–Crippen LogP) is 3.79. The van der Waals surface area contributed by atoms with Crippen molar-refractivity contribution < 1.29 is 14.2 Å². The lowest BCUT2D eigenvalue weighted by molar-refractivity contribution is 0.323. The Hall–Kier alpha value is -2.89. The van der Waals surface area contributed by atoms with Crippen molar-refractivity contribution in [1.29, 1.82) is 0 Å². The van der Waals surface area contributed by atoms with Crippen molar-refractivity contribution in [1.82, 2.24) is 10.6 Å². The number of methoxy groups -OCH3 is 3. The molecule has 0 aromatic heterocycles. The fourth-order valence-electron chi connectivity index (χ4n) is 3.13. The number of hydrogen-bond donors (Lipinski definition) is 2. The van der Waals surface area contributed by atoms with E-state index in [1.54, 1.807) is 28.4 Å². The molecule has 158 valence electrons. The third-order valence-electron chi connectivity index (χ3n) is 4.69. The van der Waals surface area contributed by atoms with E-state index in [1.165, 1.54) is 18.4 Å². The summed E-state index contributed by atoms with van der Waals surface area (Å²) < 4.78 is 16.2. The molecule has 6 nitrogen and oxygen atoms in total. The number of ether oxygens (including phenoxy) is 3. The zero-order valence-electron chi connectivity index (χ0n) is 18.0. The number of hydrogen-bond acceptors (Lipinski definition) is 4. The van der Waals surface area contributed by atoms with Crippen LogP contribution in [0.1, 0.15) is 30.4 Å². The van der Waals surface area contributed by atoms with E-state index >= 15 is 0 Å². The maximum atomic E-state index is 5.41. The van der Waals surface area contributed by atoms with Gasteiger partial charge in [-0.3, -0.25) is 4.99 Å². The molecule has 0 aliphatic carbocycles. The molecule has 0 unspecified atom stereocenters. The third kappa shape index (κ3) is 7.22. The van der Waals surface area contributed by atoms with Crippen LogP contribution in [0.2, 0.25) is 0 Å². The van der Waals surface area contributed by atoms with Gasteiger partial charge in [-0.15, -0.1) is 0 Å². The second-order valence-corrected chi connectivity index (χ2v) is 6.68. The number of benzene rings is 2. The number of rotatable bonds is 11. The van der Waals surface area contributed by atoms with E-state index in [-0.39, 0.29) is 0 Å². The molecular formula is C23H33N3O3. The summed E-state index contributed by atoms with van der Waals surface area (Å²) in [5, 5.41) is 6.70. The van der Waals surface area contributed by atoms with Crippen molar-refractivity contribution in [2.45, 2.75) is 32.2 Å². The molecule has 0 saturated heterocycles. The van der Waals surface area contributed by atoms with Crippen LogP contribution in [0.25, 0.3) is 0 Å². The summed E-state index contributed by atoms with van der Waals surface area (Å²) in [6.07, 6.45) is 4.63. The second-order valence-electron chi connectivity index (χ2n) is 6.68. The lowest BCUT2D eigenvalue weighted by Gasteiger charge is -2.16. The van der Waals surface area contributed by atoms with Gasteiger partial charge in [-0.1, -0.05) is 36.8 Å². The van der Waals surface area contributed by atoms with Gasteiger partial charge in [-0.05, 0) is 42.5 Å². The second kappa shape index (κ2) is 12.5. The van der Waals surface area contributed by atoms with Crippen molar-refractivity contribution >= 4 is 5.96 Å². The van der Waals surface area contributed by atoms with Crippen LogP contribution >= 0.6 is 0 Å². The molecule has 2 aromatic rings. The van der Waals surface area contributed by atoms with Crippen LogP contribution < -0.4 is 24.8 Å². The summed E-state index contributed by atoms with van der Waals surface area (Å²) in [5.41, 5.74) is 2.42. The molecule has 29 heavy (non-hydrogen) atoms. The lowest BCUT2D eigenvalue weighted by atomic mass is 10.1. The molecule has 0 fully saturated rings. The summed E-state index contributed by atoms with van der Waals surface area (Å²) in [5.74, 6) is 2.66. The van der Waals surface area contributed by atoms with Gasteiger partial charge in [-0.25, -0.2) is 0 Å². The molecule has 0 aliphatic heterocycles. The predicted molar refractivity (Wildman–Crippen MR) is 118 cm³/mol. The Morgan fingerprint density at radius 1 is 0.828 bits per heavy atom. The van der Waals surface area contributed by atoms with Gasteiger partial charge in [0.2, 0.25) is 5.75 Å². The summed E-state index contributed by atoms with van der Waals surface area (Å²) in [4.78, 5) is 4.29. The van der Waals surface area contributed by atoms with Gasteiger partial charge in [0.25, 0.3) is 0 Å². The molecule has 0 radical (unpaired) electrons. The highest BCUT2D eigenvalue weighted by Gasteiger charge is 2.13. The standard InChI is InChI=1S/C23H33N3O3/c1-24-23(25-14-10-6-9-13-18-11-7-5-8-12-18)26-17-19-15-20(27-2)22(29-4)21(16-19)28-3/h5,7-8,11-12,15-16H,6,9-10,13-14,17H2,1-4H3,(H2,24,25,26). The largest absolute Gasteiger partial charge is 0.493 e. The fraction of sp³-hybridized carbons (Fsp3) is 0.435. The maximum absolute atomic E-state index is 5.41. The smallest absolute Gasteiger partial charge is 0.203 e. The Labute approximate surface area is 174 Å². The first kappa shape index (κ1) is 22.4. The summed E-state index contributed by atoms with van der Waals surface area (Å²) in [6.45, 7) is 1.49. The van der Waals surface area contributed by atoms with E-state index in [0.29, 0.717) is 23.8 Å². The number of aliphatic imine (C=N–C) groups is 1. The molecule has 6 heteroatoms. The Morgan fingerprint density at radius 3 is 2.10 bits per heavy atom. The molecule has 2 aromatic carbocycles. The van der Waals surface area contributed by atoms with Crippen molar-refractivity contribution in [2.24, 2.45) is 4.99 Å². The van der Waals surface area contributed by atoms with E-state index in [0.717, 1.165) is 30.9 Å². The summed E-state index contributed by atoms with van der Waals surface area (Å²) in [7, 11) is 6.61. The van der Waals surface area contributed by atoms with Crippen LogP contribution in [0.3, 0.4) is 0 Å². The molecular weight excluding hydrogens is 366 g/mol. The van der Waals surface area contributed by atoms with E-state index < -0.39 is 0 Å². The highest BCUT2D eigenvalue weighted by Crippen LogP contribution is 2.38. The van der Waals surface area contributed by atoms with Crippen molar-refractivity contribution in [2.75, 3.05) is 34.9 Å². The topological polar surface area (TPSA) is 64.1 Å². The molecule has 0 heterocycles. The first-order valence-electron chi connectivity index (χ1n) is 9.99. The van der Waals surface area contributed by atoms with Crippen LogP contribution in [0, 0.1) is 0 Å². The number of guanidine groups is 1. The first-order valence-corrected chi connectivity index (χ1v) is 9.99. The summed E-state index contributed by atoms with van der Waals surface area (Å²) >= 11 is 0.